The predicted molar refractivity (Wildman–Crippen MR) is 135 cm³/mol. The molecule has 0 aliphatic carbocycles. The highest BCUT2D eigenvalue weighted by molar-refractivity contribution is 7.98. The SMILES string of the molecule is CCOc1ccccc1N(CC(=O)Nc1ccc(C)cc1C)S(=O)(=O)c1ccc(SC)cc1. The van der Waals surface area contributed by atoms with E-state index in [2.05, 4.69) is 5.32 Å². The molecule has 0 spiro atoms. The second kappa shape index (κ2) is 10.8. The first-order chi connectivity index (χ1) is 15.8. The van der Waals surface area contributed by atoms with Gasteiger partial charge in [-0.2, -0.15) is 0 Å². The second-order valence-electron chi connectivity index (χ2n) is 7.45. The predicted octanol–water partition coefficient (Wildman–Crippen LogP) is 5.26. The van der Waals surface area contributed by atoms with Gasteiger partial charge in [0.25, 0.3) is 10.0 Å². The van der Waals surface area contributed by atoms with Gasteiger partial charge in [-0.05, 0) is 75.1 Å². The van der Waals surface area contributed by atoms with E-state index in [-0.39, 0.29) is 4.90 Å². The number of nitrogens with zero attached hydrogens (tertiary/aromatic N) is 1. The number of carbonyl (C=O) groups excluding carboxylic acids is 1. The Hall–Kier alpha value is -2.97. The quantitative estimate of drug-likeness (QED) is 0.420. The number of anilines is 2. The third kappa shape index (κ3) is 5.89. The Labute approximate surface area is 200 Å². The normalized spacial score (nSPS) is 11.2. The summed E-state index contributed by atoms with van der Waals surface area (Å²) in [6.07, 6.45) is 1.92. The van der Waals surface area contributed by atoms with E-state index in [9.17, 15) is 13.2 Å². The first kappa shape index (κ1) is 24.7. The molecule has 1 amide bonds. The summed E-state index contributed by atoms with van der Waals surface area (Å²) in [5.41, 5.74) is 2.93. The maximum Gasteiger partial charge on any atom is 0.264 e. The van der Waals surface area contributed by atoms with Gasteiger partial charge in [-0.1, -0.05) is 29.8 Å². The second-order valence-corrected chi connectivity index (χ2v) is 10.2. The van der Waals surface area contributed by atoms with Crippen LogP contribution in [0, 0.1) is 13.8 Å². The van der Waals surface area contributed by atoms with E-state index in [4.69, 9.17) is 4.74 Å². The molecule has 0 aromatic heterocycles. The van der Waals surface area contributed by atoms with E-state index in [1.807, 2.05) is 45.2 Å². The number of nitrogens with one attached hydrogen (secondary N) is 1. The molecule has 0 aliphatic rings. The van der Waals surface area contributed by atoms with Crippen LogP contribution in [0.5, 0.6) is 5.75 Å². The van der Waals surface area contributed by atoms with Crippen molar-refractivity contribution in [1.29, 1.82) is 0 Å². The zero-order chi connectivity index (χ0) is 24.0. The number of thioether (sulfide) groups is 1. The maximum atomic E-state index is 13.7. The number of sulfonamides is 1. The lowest BCUT2D eigenvalue weighted by Crippen LogP contribution is -2.38. The maximum absolute atomic E-state index is 13.7. The van der Waals surface area contributed by atoms with Crippen molar-refractivity contribution in [3.8, 4) is 5.75 Å². The molecule has 0 saturated carbocycles. The highest BCUT2D eigenvalue weighted by Gasteiger charge is 2.29. The average Bonchev–Trinajstić information content (AvgIpc) is 2.80. The van der Waals surface area contributed by atoms with Gasteiger partial charge >= 0.3 is 0 Å². The van der Waals surface area contributed by atoms with Crippen LogP contribution in [-0.2, 0) is 14.8 Å². The molecule has 3 aromatic carbocycles. The first-order valence-electron chi connectivity index (χ1n) is 10.5. The fourth-order valence-electron chi connectivity index (χ4n) is 3.39. The Morgan fingerprint density at radius 3 is 2.36 bits per heavy atom. The zero-order valence-electron chi connectivity index (χ0n) is 19.2. The monoisotopic (exact) mass is 484 g/mol. The number of carbonyl (C=O) groups is 1. The van der Waals surface area contributed by atoms with E-state index >= 15 is 0 Å². The lowest BCUT2D eigenvalue weighted by Gasteiger charge is -2.26. The van der Waals surface area contributed by atoms with Gasteiger partial charge in [0.1, 0.15) is 12.3 Å². The highest BCUT2D eigenvalue weighted by atomic mass is 32.2. The number of hydrogen-bond acceptors (Lipinski definition) is 5. The summed E-state index contributed by atoms with van der Waals surface area (Å²) in [4.78, 5) is 14.1. The van der Waals surface area contributed by atoms with Gasteiger partial charge in [-0.15, -0.1) is 11.8 Å². The van der Waals surface area contributed by atoms with E-state index in [0.717, 1.165) is 20.3 Å². The Bertz CT molecular complexity index is 1230. The van der Waals surface area contributed by atoms with Crippen LogP contribution in [0.1, 0.15) is 18.1 Å². The Kier molecular flexibility index (Phi) is 8.05. The number of amides is 1. The molecule has 0 aliphatic heterocycles. The number of rotatable bonds is 9. The Morgan fingerprint density at radius 2 is 1.73 bits per heavy atom. The average molecular weight is 485 g/mol. The summed E-state index contributed by atoms with van der Waals surface area (Å²) in [5.74, 6) is -0.0545. The molecule has 0 unspecified atom stereocenters. The third-order valence-corrected chi connectivity index (χ3v) is 7.54. The van der Waals surface area contributed by atoms with E-state index in [0.29, 0.717) is 23.7 Å². The Balaban J connectivity index is 2.00. The molecule has 0 fully saturated rings. The van der Waals surface area contributed by atoms with Crippen molar-refractivity contribution in [3.63, 3.8) is 0 Å². The number of aryl methyl sites for hydroxylation is 2. The summed E-state index contributed by atoms with van der Waals surface area (Å²) >= 11 is 1.52. The van der Waals surface area contributed by atoms with Gasteiger partial charge in [-0.25, -0.2) is 8.42 Å². The molecule has 0 radical (unpaired) electrons. The zero-order valence-corrected chi connectivity index (χ0v) is 20.8. The largest absolute Gasteiger partial charge is 0.492 e. The molecular formula is C25H28N2O4S2. The van der Waals surface area contributed by atoms with Gasteiger partial charge in [0.15, 0.2) is 0 Å². The molecule has 0 heterocycles. The van der Waals surface area contributed by atoms with Crippen molar-refractivity contribution in [2.75, 3.05) is 29.0 Å². The van der Waals surface area contributed by atoms with Crippen LogP contribution >= 0.6 is 11.8 Å². The van der Waals surface area contributed by atoms with E-state index in [1.165, 1.54) is 11.8 Å². The first-order valence-corrected chi connectivity index (χ1v) is 13.2. The van der Waals surface area contributed by atoms with Crippen molar-refractivity contribution in [1.82, 2.24) is 0 Å². The fourth-order valence-corrected chi connectivity index (χ4v) is 5.23. The molecule has 0 atom stereocenters. The topological polar surface area (TPSA) is 75.7 Å². The van der Waals surface area contributed by atoms with Gasteiger partial charge in [-0.3, -0.25) is 9.10 Å². The number of ether oxygens (including phenoxy) is 1. The van der Waals surface area contributed by atoms with Crippen molar-refractivity contribution >= 4 is 39.1 Å². The molecule has 6 nitrogen and oxygen atoms in total. The Morgan fingerprint density at radius 1 is 1.03 bits per heavy atom. The van der Waals surface area contributed by atoms with Crippen LogP contribution in [0.25, 0.3) is 0 Å². The standard InChI is InChI=1S/C25H28N2O4S2/c1-5-31-24-9-7-6-8-23(24)27(33(29,30)21-13-11-20(32-4)12-14-21)17-25(28)26-22-15-10-18(2)16-19(22)3/h6-16H,5,17H2,1-4H3,(H,26,28). The summed E-state index contributed by atoms with van der Waals surface area (Å²) in [7, 11) is -4.04. The van der Waals surface area contributed by atoms with Crippen LogP contribution in [0.2, 0.25) is 0 Å². The molecule has 1 N–H and O–H groups in total. The van der Waals surface area contributed by atoms with Gasteiger partial charge < -0.3 is 10.1 Å². The molecule has 0 bridgehead atoms. The van der Waals surface area contributed by atoms with Crippen molar-refractivity contribution < 1.29 is 17.9 Å². The molecule has 8 heteroatoms. The molecule has 3 aromatic rings. The van der Waals surface area contributed by atoms with Crippen molar-refractivity contribution in [2.24, 2.45) is 0 Å². The van der Waals surface area contributed by atoms with E-state index in [1.54, 1.807) is 48.5 Å². The van der Waals surface area contributed by atoms with Crippen LogP contribution in [-0.4, -0.2) is 33.7 Å². The van der Waals surface area contributed by atoms with E-state index < -0.39 is 22.5 Å². The van der Waals surface area contributed by atoms with Crippen LogP contribution in [0.4, 0.5) is 11.4 Å². The molecule has 3 rings (SSSR count). The van der Waals surface area contributed by atoms with Crippen LogP contribution in [0.3, 0.4) is 0 Å². The molecule has 174 valence electrons. The van der Waals surface area contributed by atoms with Crippen LogP contribution in [0.15, 0.2) is 76.5 Å². The molecule has 33 heavy (non-hydrogen) atoms. The minimum absolute atomic E-state index is 0.103. The van der Waals surface area contributed by atoms with Gasteiger partial charge in [0.2, 0.25) is 5.91 Å². The highest BCUT2D eigenvalue weighted by Crippen LogP contribution is 2.33. The summed E-state index contributed by atoms with van der Waals surface area (Å²) in [6, 6.07) is 19.1. The third-order valence-electron chi connectivity index (χ3n) is 5.02. The minimum Gasteiger partial charge on any atom is -0.492 e. The van der Waals surface area contributed by atoms with Gasteiger partial charge in [0.05, 0.1) is 17.2 Å². The van der Waals surface area contributed by atoms with Gasteiger partial charge in [0, 0.05) is 10.6 Å². The molecular weight excluding hydrogens is 456 g/mol. The van der Waals surface area contributed by atoms with Crippen LogP contribution < -0.4 is 14.4 Å². The lowest BCUT2D eigenvalue weighted by molar-refractivity contribution is -0.114. The smallest absolute Gasteiger partial charge is 0.264 e. The number of hydrogen-bond donors (Lipinski definition) is 1. The lowest BCUT2D eigenvalue weighted by atomic mass is 10.1. The fraction of sp³-hybridized carbons (Fsp3) is 0.240. The number of para-hydroxylation sites is 2. The van der Waals surface area contributed by atoms with Crippen molar-refractivity contribution in [2.45, 2.75) is 30.6 Å². The summed E-state index contributed by atoms with van der Waals surface area (Å²) in [6.45, 7) is 5.66. The minimum atomic E-state index is -4.04. The number of benzene rings is 3. The summed E-state index contributed by atoms with van der Waals surface area (Å²) in [5, 5.41) is 2.84. The summed E-state index contributed by atoms with van der Waals surface area (Å²) < 4.78 is 34.1. The van der Waals surface area contributed by atoms with Crippen molar-refractivity contribution in [3.05, 3.63) is 77.9 Å². The molecule has 0 saturated heterocycles.